The third kappa shape index (κ3) is 2.57. The molecule has 0 bridgehead atoms. The molecule has 1 saturated carbocycles. The van der Waals surface area contributed by atoms with E-state index in [1.54, 1.807) is 14.2 Å². The fourth-order valence-corrected chi connectivity index (χ4v) is 3.75. The molecule has 116 valence electrons. The van der Waals surface area contributed by atoms with Crippen LogP contribution in [0.15, 0.2) is 12.1 Å². The van der Waals surface area contributed by atoms with Crippen LogP contribution in [-0.4, -0.2) is 26.4 Å². The second kappa shape index (κ2) is 5.76. The monoisotopic (exact) mass is 291 g/mol. The van der Waals surface area contributed by atoms with Crippen LogP contribution < -0.4 is 19.5 Å². The molecule has 1 aromatic carbocycles. The second-order valence-electron chi connectivity index (χ2n) is 6.05. The third-order valence-corrected chi connectivity index (χ3v) is 4.76. The van der Waals surface area contributed by atoms with Gasteiger partial charge in [-0.2, -0.15) is 0 Å². The van der Waals surface area contributed by atoms with Crippen molar-refractivity contribution in [3.05, 3.63) is 17.7 Å². The molecule has 1 N–H and O–H groups in total. The van der Waals surface area contributed by atoms with Crippen LogP contribution in [0, 0.1) is 0 Å². The van der Waals surface area contributed by atoms with E-state index in [4.69, 9.17) is 14.2 Å². The van der Waals surface area contributed by atoms with Crippen LogP contribution in [0.4, 0.5) is 0 Å². The van der Waals surface area contributed by atoms with E-state index in [0.29, 0.717) is 6.04 Å². The second-order valence-corrected chi connectivity index (χ2v) is 6.05. The van der Waals surface area contributed by atoms with Gasteiger partial charge in [0.15, 0.2) is 11.5 Å². The van der Waals surface area contributed by atoms with Crippen molar-refractivity contribution in [3.63, 3.8) is 0 Å². The molecule has 4 nitrogen and oxygen atoms in total. The maximum atomic E-state index is 6.42. The summed E-state index contributed by atoms with van der Waals surface area (Å²) in [5.41, 5.74) is 1.20. The molecule has 1 fully saturated rings. The number of rotatable bonds is 4. The molecular weight excluding hydrogens is 266 g/mol. The lowest BCUT2D eigenvalue weighted by molar-refractivity contribution is 0.0366. The maximum absolute atomic E-state index is 6.42. The Hall–Kier alpha value is -1.42. The molecule has 2 aliphatic rings. The van der Waals surface area contributed by atoms with E-state index in [0.717, 1.165) is 43.1 Å². The van der Waals surface area contributed by atoms with Gasteiger partial charge >= 0.3 is 0 Å². The number of hydrogen-bond acceptors (Lipinski definition) is 4. The Morgan fingerprint density at radius 2 is 1.86 bits per heavy atom. The zero-order chi connectivity index (χ0) is 14.9. The quantitative estimate of drug-likeness (QED) is 0.922. The molecule has 0 aromatic heterocycles. The highest BCUT2D eigenvalue weighted by molar-refractivity contribution is 5.53. The molecule has 1 heterocycles. The van der Waals surface area contributed by atoms with Gasteiger partial charge in [0.25, 0.3) is 0 Å². The van der Waals surface area contributed by atoms with E-state index >= 15 is 0 Å². The highest BCUT2D eigenvalue weighted by Crippen LogP contribution is 2.49. The van der Waals surface area contributed by atoms with E-state index in [2.05, 4.69) is 18.3 Å². The molecule has 4 heteroatoms. The Bertz CT molecular complexity index is 509. The van der Waals surface area contributed by atoms with Gasteiger partial charge < -0.3 is 19.5 Å². The highest BCUT2D eigenvalue weighted by atomic mass is 16.5. The van der Waals surface area contributed by atoms with E-state index in [1.807, 2.05) is 6.07 Å². The van der Waals surface area contributed by atoms with E-state index in [1.165, 1.54) is 18.4 Å². The van der Waals surface area contributed by atoms with Crippen LogP contribution in [0.25, 0.3) is 0 Å². The van der Waals surface area contributed by atoms with Crippen molar-refractivity contribution in [2.75, 3.05) is 20.8 Å². The molecule has 1 aromatic rings. The molecule has 1 atom stereocenters. The Morgan fingerprint density at radius 3 is 2.48 bits per heavy atom. The number of methoxy groups -OCH3 is 2. The summed E-state index contributed by atoms with van der Waals surface area (Å²) >= 11 is 0. The molecule has 1 unspecified atom stereocenters. The predicted octanol–water partition coefficient (Wildman–Crippen LogP) is 3.45. The molecule has 21 heavy (non-hydrogen) atoms. The summed E-state index contributed by atoms with van der Waals surface area (Å²) in [5.74, 6) is 2.46. The van der Waals surface area contributed by atoms with Gasteiger partial charge in [-0.3, -0.25) is 0 Å². The molecule has 1 spiro atoms. The Labute approximate surface area is 126 Å². The van der Waals surface area contributed by atoms with Gasteiger partial charge in [0.1, 0.15) is 11.4 Å². The summed E-state index contributed by atoms with van der Waals surface area (Å²) in [7, 11) is 3.34. The van der Waals surface area contributed by atoms with Crippen molar-refractivity contribution in [1.29, 1.82) is 0 Å². The van der Waals surface area contributed by atoms with Crippen molar-refractivity contribution in [2.45, 2.75) is 50.7 Å². The Balaban J connectivity index is 2.02. The first-order chi connectivity index (χ1) is 10.2. The van der Waals surface area contributed by atoms with Crippen LogP contribution >= 0.6 is 0 Å². The number of fused-ring (bicyclic) bond motifs is 1. The minimum Gasteiger partial charge on any atom is -0.493 e. The fourth-order valence-electron chi connectivity index (χ4n) is 3.75. The van der Waals surface area contributed by atoms with E-state index < -0.39 is 0 Å². The Morgan fingerprint density at radius 1 is 1.19 bits per heavy atom. The smallest absolute Gasteiger partial charge is 0.164 e. The van der Waals surface area contributed by atoms with Gasteiger partial charge in [0.05, 0.1) is 14.2 Å². The average Bonchev–Trinajstić information content (AvgIpc) is 2.94. The van der Waals surface area contributed by atoms with Crippen molar-refractivity contribution in [2.24, 2.45) is 0 Å². The van der Waals surface area contributed by atoms with Crippen molar-refractivity contribution in [3.8, 4) is 17.2 Å². The lowest BCUT2D eigenvalue weighted by atomic mass is 9.85. The van der Waals surface area contributed by atoms with Crippen LogP contribution in [0.3, 0.4) is 0 Å². The summed E-state index contributed by atoms with van der Waals surface area (Å²) < 4.78 is 17.3. The first-order valence-electron chi connectivity index (χ1n) is 7.89. The SMILES string of the molecule is CCNC1CC2(CCCC2)Oc2cc(OC)c(OC)cc21. The normalized spacial score (nSPS) is 22.7. The highest BCUT2D eigenvalue weighted by Gasteiger charge is 2.43. The number of nitrogens with one attached hydrogen (secondary N) is 1. The zero-order valence-electron chi connectivity index (χ0n) is 13.2. The molecule has 0 radical (unpaired) electrons. The van der Waals surface area contributed by atoms with Crippen molar-refractivity contribution >= 4 is 0 Å². The molecular formula is C17H25NO3. The first-order valence-corrected chi connectivity index (χ1v) is 7.89. The summed E-state index contributed by atoms with van der Waals surface area (Å²) in [6.07, 6.45) is 5.89. The topological polar surface area (TPSA) is 39.7 Å². The molecule has 1 aliphatic heterocycles. The number of ether oxygens (including phenoxy) is 3. The standard InChI is InChI=1S/C17H25NO3/c1-4-18-13-11-17(7-5-6-8-17)21-14-10-16(20-3)15(19-2)9-12(13)14/h9-10,13,18H,4-8,11H2,1-3H3. The van der Waals surface area contributed by atoms with E-state index in [9.17, 15) is 0 Å². The third-order valence-electron chi connectivity index (χ3n) is 4.76. The molecule has 0 amide bonds. The van der Waals surface area contributed by atoms with Crippen molar-refractivity contribution in [1.82, 2.24) is 5.32 Å². The summed E-state index contributed by atoms with van der Waals surface area (Å²) in [6, 6.07) is 4.37. The van der Waals surface area contributed by atoms with Crippen LogP contribution in [0.5, 0.6) is 17.2 Å². The summed E-state index contributed by atoms with van der Waals surface area (Å²) in [4.78, 5) is 0. The van der Waals surface area contributed by atoms with Crippen LogP contribution in [-0.2, 0) is 0 Å². The van der Waals surface area contributed by atoms with Gasteiger partial charge in [0.2, 0.25) is 0 Å². The minimum absolute atomic E-state index is 0.0133. The largest absolute Gasteiger partial charge is 0.493 e. The maximum Gasteiger partial charge on any atom is 0.164 e. The number of hydrogen-bond donors (Lipinski definition) is 1. The lowest BCUT2D eigenvalue weighted by Gasteiger charge is -2.40. The van der Waals surface area contributed by atoms with Gasteiger partial charge in [-0.1, -0.05) is 6.92 Å². The first kappa shape index (κ1) is 14.5. The molecule has 1 aliphatic carbocycles. The van der Waals surface area contributed by atoms with Gasteiger partial charge in [-0.05, 0) is 38.3 Å². The summed E-state index contributed by atoms with van der Waals surface area (Å²) in [5, 5.41) is 3.60. The predicted molar refractivity (Wildman–Crippen MR) is 82.4 cm³/mol. The van der Waals surface area contributed by atoms with Gasteiger partial charge in [-0.25, -0.2) is 0 Å². The molecule has 3 rings (SSSR count). The Kier molecular flexibility index (Phi) is 3.98. The van der Waals surface area contributed by atoms with Crippen LogP contribution in [0.1, 0.15) is 50.6 Å². The zero-order valence-corrected chi connectivity index (χ0v) is 13.2. The van der Waals surface area contributed by atoms with Gasteiger partial charge in [-0.15, -0.1) is 0 Å². The molecule has 0 saturated heterocycles. The summed E-state index contributed by atoms with van der Waals surface area (Å²) in [6.45, 7) is 3.10. The lowest BCUT2D eigenvalue weighted by Crippen LogP contribution is -2.42. The van der Waals surface area contributed by atoms with E-state index in [-0.39, 0.29) is 5.60 Å². The van der Waals surface area contributed by atoms with Crippen LogP contribution in [0.2, 0.25) is 0 Å². The minimum atomic E-state index is 0.0133. The van der Waals surface area contributed by atoms with Crippen molar-refractivity contribution < 1.29 is 14.2 Å². The average molecular weight is 291 g/mol. The van der Waals surface area contributed by atoms with Gasteiger partial charge in [0, 0.05) is 24.1 Å². The fraction of sp³-hybridized carbons (Fsp3) is 0.647. The number of benzene rings is 1.